The van der Waals surface area contributed by atoms with Gasteiger partial charge in [-0.15, -0.1) is 0 Å². The zero-order valence-electron chi connectivity index (χ0n) is 11.0. The maximum Gasteiger partial charge on any atom is 0.124 e. The number of hydrogen-bond acceptors (Lipinski definition) is 3. The molecule has 1 atom stereocenters. The summed E-state index contributed by atoms with van der Waals surface area (Å²) in [6.45, 7) is 5.54. The molecule has 0 radical (unpaired) electrons. The second-order valence-corrected chi connectivity index (χ2v) is 4.38. The minimum atomic E-state index is 0.00424. The summed E-state index contributed by atoms with van der Waals surface area (Å²) in [6.07, 6.45) is 2.02. The molecule has 1 rings (SSSR count). The van der Waals surface area contributed by atoms with Gasteiger partial charge in [-0.3, -0.25) is 0 Å². The SMILES string of the molecule is COCCCCOc1cc(C)ccc1[C@@H](C)N. The van der Waals surface area contributed by atoms with Crippen LogP contribution in [0.5, 0.6) is 5.75 Å². The monoisotopic (exact) mass is 237 g/mol. The summed E-state index contributed by atoms with van der Waals surface area (Å²) in [6, 6.07) is 6.17. The number of rotatable bonds is 7. The molecule has 2 N–H and O–H groups in total. The Hall–Kier alpha value is -1.06. The number of hydrogen-bond donors (Lipinski definition) is 1. The van der Waals surface area contributed by atoms with E-state index in [1.807, 2.05) is 13.0 Å². The fourth-order valence-corrected chi connectivity index (χ4v) is 1.67. The van der Waals surface area contributed by atoms with Gasteiger partial charge in [0, 0.05) is 25.3 Å². The van der Waals surface area contributed by atoms with E-state index >= 15 is 0 Å². The number of ether oxygens (including phenoxy) is 2. The quantitative estimate of drug-likeness (QED) is 0.742. The molecule has 0 aliphatic carbocycles. The van der Waals surface area contributed by atoms with Gasteiger partial charge in [0.15, 0.2) is 0 Å². The molecule has 0 aromatic heterocycles. The van der Waals surface area contributed by atoms with Crippen LogP contribution in [0.2, 0.25) is 0 Å². The topological polar surface area (TPSA) is 44.5 Å². The van der Waals surface area contributed by atoms with E-state index in [0.717, 1.165) is 30.8 Å². The molecule has 3 heteroatoms. The number of benzene rings is 1. The first-order chi connectivity index (χ1) is 8.15. The van der Waals surface area contributed by atoms with Gasteiger partial charge in [-0.1, -0.05) is 12.1 Å². The highest BCUT2D eigenvalue weighted by Crippen LogP contribution is 2.25. The highest BCUT2D eigenvalue weighted by atomic mass is 16.5. The molecular weight excluding hydrogens is 214 g/mol. The van der Waals surface area contributed by atoms with Crippen LogP contribution >= 0.6 is 0 Å². The first kappa shape index (κ1) is 14.0. The van der Waals surface area contributed by atoms with Gasteiger partial charge < -0.3 is 15.2 Å². The normalized spacial score (nSPS) is 12.5. The smallest absolute Gasteiger partial charge is 0.124 e. The number of methoxy groups -OCH3 is 1. The van der Waals surface area contributed by atoms with Gasteiger partial charge in [-0.2, -0.15) is 0 Å². The lowest BCUT2D eigenvalue weighted by Gasteiger charge is -2.14. The van der Waals surface area contributed by atoms with Crippen LogP contribution in [0.1, 0.15) is 36.9 Å². The molecule has 0 bridgehead atoms. The molecule has 0 aliphatic heterocycles. The average molecular weight is 237 g/mol. The lowest BCUT2D eigenvalue weighted by molar-refractivity contribution is 0.184. The second kappa shape index (κ2) is 7.30. The number of unbranched alkanes of at least 4 members (excludes halogenated alkanes) is 1. The highest BCUT2D eigenvalue weighted by molar-refractivity contribution is 5.38. The Morgan fingerprint density at radius 2 is 1.94 bits per heavy atom. The summed E-state index contributed by atoms with van der Waals surface area (Å²) < 4.78 is 10.8. The van der Waals surface area contributed by atoms with E-state index in [0.29, 0.717) is 6.61 Å². The standard InChI is InChI=1S/C14H23NO2/c1-11-6-7-13(12(2)15)14(10-11)17-9-5-4-8-16-3/h6-7,10,12H,4-5,8-9,15H2,1-3H3/t12-/m1/s1. The maximum atomic E-state index is 5.92. The largest absolute Gasteiger partial charge is 0.493 e. The molecule has 0 fully saturated rings. The van der Waals surface area contributed by atoms with Gasteiger partial charge in [-0.25, -0.2) is 0 Å². The molecule has 0 saturated heterocycles. The van der Waals surface area contributed by atoms with Crippen molar-refractivity contribution >= 4 is 0 Å². The van der Waals surface area contributed by atoms with Crippen molar-refractivity contribution in [2.24, 2.45) is 5.73 Å². The molecule has 0 amide bonds. The minimum absolute atomic E-state index is 0.00424. The molecule has 1 aromatic carbocycles. The highest BCUT2D eigenvalue weighted by Gasteiger charge is 2.07. The zero-order valence-corrected chi connectivity index (χ0v) is 11.0. The van der Waals surface area contributed by atoms with Crippen LogP contribution in [-0.4, -0.2) is 20.3 Å². The van der Waals surface area contributed by atoms with E-state index in [1.165, 1.54) is 5.56 Å². The van der Waals surface area contributed by atoms with Crippen LogP contribution < -0.4 is 10.5 Å². The van der Waals surface area contributed by atoms with Crippen molar-refractivity contribution < 1.29 is 9.47 Å². The molecule has 17 heavy (non-hydrogen) atoms. The molecule has 3 nitrogen and oxygen atoms in total. The Morgan fingerprint density at radius 1 is 1.24 bits per heavy atom. The van der Waals surface area contributed by atoms with Gasteiger partial charge in [0.2, 0.25) is 0 Å². The van der Waals surface area contributed by atoms with Crippen molar-refractivity contribution in [2.45, 2.75) is 32.7 Å². The second-order valence-electron chi connectivity index (χ2n) is 4.38. The average Bonchev–Trinajstić information content (AvgIpc) is 2.28. The minimum Gasteiger partial charge on any atom is -0.493 e. The molecule has 1 aromatic rings. The van der Waals surface area contributed by atoms with Crippen LogP contribution in [-0.2, 0) is 4.74 Å². The van der Waals surface area contributed by atoms with Crippen molar-refractivity contribution in [1.82, 2.24) is 0 Å². The lowest BCUT2D eigenvalue weighted by atomic mass is 10.1. The third-order valence-corrected chi connectivity index (χ3v) is 2.66. The van der Waals surface area contributed by atoms with Crippen molar-refractivity contribution in [2.75, 3.05) is 20.3 Å². The van der Waals surface area contributed by atoms with Crippen molar-refractivity contribution in [1.29, 1.82) is 0 Å². The Kier molecular flexibility index (Phi) is 6.01. The van der Waals surface area contributed by atoms with Crippen molar-refractivity contribution in [3.05, 3.63) is 29.3 Å². The summed E-state index contributed by atoms with van der Waals surface area (Å²) in [4.78, 5) is 0. The fourth-order valence-electron chi connectivity index (χ4n) is 1.67. The van der Waals surface area contributed by atoms with Gasteiger partial charge in [-0.05, 0) is 38.3 Å². The van der Waals surface area contributed by atoms with Crippen LogP contribution in [0, 0.1) is 6.92 Å². The third kappa shape index (κ3) is 4.75. The predicted molar refractivity (Wildman–Crippen MR) is 70.4 cm³/mol. The molecule has 0 heterocycles. The Labute approximate surface area is 104 Å². The predicted octanol–water partition coefficient (Wildman–Crippen LogP) is 2.82. The van der Waals surface area contributed by atoms with E-state index in [2.05, 4.69) is 19.1 Å². The van der Waals surface area contributed by atoms with Crippen LogP contribution in [0.25, 0.3) is 0 Å². The number of aryl methyl sites for hydroxylation is 1. The van der Waals surface area contributed by atoms with Crippen LogP contribution in [0.15, 0.2) is 18.2 Å². The van der Waals surface area contributed by atoms with Gasteiger partial charge in [0.25, 0.3) is 0 Å². The Balaban J connectivity index is 2.53. The Bertz CT molecular complexity index is 337. The summed E-state index contributed by atoms with van der Waals surface area (Å²) in [5.74, 6) is 0.914. The first-order valence-corrected chi connectivity index (χ1v) is 6.13. The van der Waals surface area contributed by atoms with E-state index < -0.39 is 0 Å². The third-order valence-electron chi connectivity index (χ3n) is 2.66. The van der Waals surface area contributed by atoms with Crippen LogP contribution in [0.4, 0.5) is 0 Å². The summed E-state index contributed by atoms with van der Waals surface area (Å²) >= 11 is 0. The van der Waals surface area contributed by atoms with E-state index in [-0.39, 0.29) is 6.04 Å². The zero-order chi connectivity index (χ0) is 12.7. The van der Waals surface area contributed by atoms with Gasteiger partial charge >= 0.3 is 0 Å². The molecule has 0 aliphatic rings. The van der Waals surface area contributed by atoms with Gasteiger partial charge in [0.05, 0.1) is 6.61 Å². The van der Waals surface area contributed by atoms with Crippen molar-refractivity contribution in [3.63, 3.8) is 0 Å². The van der Waals surface area contributed by atoms with Gasteiger partial charge in [0.1, 0.15) is 5.75 Å². The van der Waals surface area contributed by atoms with E-state index in [1.54, 1.807) is 7.11 Å². The summed E-state index contributed by atoms with van der Waals surface area (Å²) in [5, 5.41) is 0. The van der Waals surface area contributed by atoms with Crippen molar-refractivity contribution in [3.8, 4) is 5.75 Å². The lowest BCUT2D eigenvalue weighted by Crippen LogP contribution is -2.09. The summed E-state index contributed by atoms with van der Waals surface area (Å²) in [7, 11) is 1.72. The van der Waals surface area contributed by atoms with Crippen LogP contribution in [0.3, 0.4) is 0 Å². The van der Waals surface area contributed by atoms with E-state index in [9.17, 15) is 0 Å². The molecule has 0 saturated carbocycles. The maximum absolute atomic E-state index is 5.92. The first-order valence-electron chi connectivity index (χ1n) is 6.13. The number of nitrogens with two attached hydrogens (primary N) is 1. The summed E-state index contributed by atoms with van der Waals surface area (Å²) in [5.41, 5.74) is 8.18. The molecule has 0 unspecified atom stereocenters. The molecule has 96 valence electrons. The Morgan fingerprint density at radius 3 is 2.59 bits per heavy atom. The van der Waals surface area contributed by atoms with E-state index in [4.69, 9.17) is 15.2 Å². The molecule has 0 spiro atoms. The molecular formula is C14H23NO2. The fraction of sp³-hybridized carbons (Fsp3) is 0.571.